The normalized spacial score (nSPS) is 17.8. The lowest BCUT2D eigenvalue weighted by molar-refractivity contribution is 0.0770. The number of amides is 1. The summed E-state index contributed by atoms with van der Waals surface area (Å²) >= 11 is 0. The third-order valence-corrected chi connectivity index (χ3v) is 3.63. The topological polar surface area (TPSA) is 55.3 Å². The van der Waals surface area contributed by atoms with Gasteiger partial charge in [0.25, 0.3) is 5.91 Å². The van der Waals surface area contributed by atoms with Gasteiger partial charge in [-0.05, 0) is 18.6 Å². The van der Waals surface area contributed by atoms with Crippen molar-refractivity contribution in [2.45, 2.75) is 19.4 Å². The highest BCUT2D eigenvalue weighted by molar-refractivity contribution is 5.95. The molecule has 5 nitrogen and oxygen atoms in total. The summed E-state index contributed by atoms with van der Waals surface area (Å²) in [6, 6.07) is 7.66. The van der Waals surface area contributed by atoms with Gasteiger partial charge in [-0.25, -0.2) is 4.98 Å². The van der Waals surface area contributed by atoms with Crippen molar-refractivity contribution in [3.8, 4) is 5.88 Å². The van der Waals surface area contributed by atoms with Crippen molar-refractivity contribution in [2.24, 2.45) is 0 Å². The Kier molecular flexibility index (Phi) is 3.81. The fraction of sp³-hybridized carbons (Fsp3) is 0.312. The van der Waals surface area contributed by atoms with Crippen LogP contribution in [0, 0.1) is 6.92 Å². The molecule has 1 aliphatic heterocycles. The van der Waals surface area contributed by atoms with E-state index in [4.69, 9.17) is 4.74 Å². The van der Waals surface area contributed by atoms with Crippen LogP contribution in [0.2, 0.25) is 0 Å². The first-order chi connectivity index (χ1) is 10.2. The number of benzene rings is 1. The summed E-state index contributed by atoms with van der Waals surface area (Å²) in [6.07, 6.45) is 5.59. The van der Waals surface area contributed by atoms with E-state index in [0.717, 1.165) is 17.5 Å². The number of aromatic nitrogens is 2. The first kappa shape index (κ1) is 13.5. The quantitative estimate of drug-likeness (QED) is 0.865. The third-order valence-electron chi connectivity index (χ3n) is 3.63. The van der Waals surface area contributed by atoms with E-state index in [-0.39, 0.29) is 12.0 Å². The predicted octanol–water partition coefficient (Wildman–Crippen LogP) is 2.08. The highest BCUT2D eigenvalue weighted by Gasteiger charge is 2.29. The van der Waals surface area contributed by atoms with Gasteiger partial charge in [0, 0.05) is 30.9 Å². The van der Waals surface area contributed by atoms with Crippen LogP contribution >= 0.6 is 0 Å². The van der Waals surface area contributed by atoms with Gasteiger partial charge in [0.05, 0.1) is 12.7 Å². The first-order valence-electron chi connectivity index (χ1n) is 7.01. The highest BCUT2D eigenvalue weighted by Crippen LogP contribution is 2.19. The summed E-state index contributed by atoms with van der Waals surface area (Å²) in [4.78, 5) is 22.4. The number of aryl methyl sites for hydroxylation is 1. The number of nitrogens with zero attached hydrogens (tertiary/aromatic N) is 3. The molecule has 21 heavy (non-hydrogen) atoms. The van der Waals surface area contributed by atoms with Crippen LogP contribution in [0.1, 0.15) is 22.3 Å². The molecule has 1 unspecified atom stereocenters. The molecular weight excluding hydrogens is 266 g/mol. The van der Waals surface area contributed by atoms with Gasteiger partial charge in [-0.15, -0.1) is 0 Å². The Morgan fingerprint density at radius 1 is 1.33 bits per heavy atom. The van der Waals surface area contributed by atoms with Gasteiger partial charge in [-0.3, -0.25) is 9.78 Å². The fourth-order valence-corrected chi connectivity index (χ4v) is 2.51. The molecule has 0 aliphatic carbocycles. The molecule has 1 saturated heterocycles. The van der Waals surface area contributed by atoms with Gasteiger partial charge < -0.3 is 9.64 Å². The molecule has 5 heteroatoms. The molecule has 0 radical (unpaired) electrons. The Balaban J connectivity index is 1.65. The molecule has 0 saturated carbocycles. The molecule has 1 amide bonds. The molecule has 2 heterocycles. The zero-order chi connectivity index (χ0) is 14.7. The lowest BCUT2D eigenvalue weighted by Gasteiger charge is -2.18. The fourth-order valence-electron chi connectivity index (χ4n) is 2.51. The molecule has 0 spiro atoms. The van der Waals surface area contributed by atoms with E-state index in [1.54, 1.807) is 18.6 Å². The van der Waals surface area contributed by atoms with E-state index >= 15 is 0 Å². The minimum absolute atomic E-state index is 0.0188. The van der Waals surface area contributed by atoms with E-state index in [1.807, 2.05) is 36.1 Å². The van der Waals surface area contributed by atoms with Crippen molar-refractivity contribution in [3.63, 3.8) is 0 Å². The number of hydrogen-bond acceptors (Lipinski definition) is 4. The van der Waals surface area contributed by atoms with Crippen molar-refractivity contribution in [3.05, 3.63) is 54.0 Å². The average molecular weight is 283 g/mol. The monoisotopic (exact) mass is 283 g/mol. The van der Waals surface area contributed by atoms with E-state index in [9.17, 15) is 4.79 Å². The summed E-state index contributed by atoms with van der Waals surface area (Å²) in [5, 5.41) is 0. The summed E-state index contributed by atoms with van der Waals surface area (Å²) in [7, 11) is 0. The van der Waals surface area contributed by atoms with E-state index in [2.05, 4.69) is 9.97 Å². The number of carbonyl (C=O) groups excluding carboxylic acids is 1. The molecule has 0 bridgehead atoms. The Morgan fingerprint density at radius 2 is 2.19 bits per heavy atom. The lowest BCUT2D eigenvalue weighted by Crippen LogP contribution is -2.31. The van der Waals surface area contributed by atoms with Crippen molar-refractivity contribution < 1.29 is 9.53 Å². The van der Waals surface area contributed by atoms with Crippen LogP contribution < -0.4 is 4.74 Å². The second-order valence-electron chi connectivity index (χ2n) is 5.14. The zero-order valence-electron chi connectivity index (χ0n) is 11.9. The van der Waals surface area contributed by atoms with Crippen LogP contribution in [-0.4, -0.2) is 40.0 Å². The van der Waals surface area contributed by atoms with Gasteiger partial charge >= 0.3 is 0 Å². The predicted molar refractivity (Wildman–Crippen MR) is 78.1 cm³/mol. The van der Waals surface area contributed by atoms with Crippen LogP contribution in [0.4, 0.5) is 0 Å². The van der Waals surface area contributed by atoms with Gasteiger partial charge in [0.2, 0.25) is 5.88 Å². The number of ether oxygens (including phenoxy) is 1. The Hall–Kier alpha value is -2.43. The smallest absolute Gasteiger partial charge is 0.254 e. The number of carbonyl (C=O) groups is 1. The van der Waals surface area contributed by atoms with Crippen LogP contribution in [0.15, 0.2) is 42.9 Å². The summed E-state index contributed by atoms with van der Waals surface area (Å²) < 4.78 is 5.75. The van der Waals surface area contributed by atoms with Crippen molar-refractivity contribution in [1.29, 1.82) is 0 Å². The molecule has 1 fully saturated rings. The van der Waals surface area contributed by atoms with E-state index < -0.39 is 0 Å². The summed E-state index contributed by atoms with van der Waals surface area (Å²) in [5.41, 5.74) is 1.76. The molecule has 1 aliphatic rings. The Morgan fingerprint density at radius 3 is 2.95 bits per heavy atom. The lowest BCUT2D eigenvalue weighted by atomic mass is 10.1. The molecule has 2 aromatic rings. The van der Waals surface area contributed by atoms with Gasteiger partial charge in [0.1, 0.15) is 6.10 Å². The third kappa shape index (κ3) is 3.02. The second-order valence-corrected chi connectivity index (χ2v) is 5.14. The van der Waals surface area contributed by atoms with Crippen LogP contribution in [0.3, 0.4) is 0 Å². The number of likely N-dealkylation sites (tertiary alicyclic amines) is 1. The minimum Gasteiger partial charge on any atom is -0.471 e. The highest BCUT2D eigenvalue weighted by atomic mass is 16.5. The first-order valence-corrected chi connectivity index (χ1v) is 7.01. The largest absolute Gasteiger partial charge is 0.471 e. The molecule has 1 atom stereocenters. The van der Waals surface area contributed by atoms with Gasteiger partial charge in [-0.1, -0.05) is 18.2 Å². The Bertz CT molecular complexity index is 630. The molecule has 3 rings (SSSR count). The standard InChI is InChI=1S/C16H17N3O2/c1-12-4-2-3-5-14(12)16(20)19-9-6-13(11-19)21-15-10-17-7-8-18-15/h2-5,7-8,10,13H,6,9,11H2,1H3. The van der Waals surface area contributed by atoms with Crippen LogP contribution in [-0.2, 0) is 0 Å². The number of hydrogen-bond donors (Lipinski definition) is 0. The maximum atomic E-state index is 12.5. The molecule has 1 aromatic heterocycles. The van der Waals surface area contributed by atoms with Crippen molar-refractivity contribution in [2.75, 3.05) is 13.1 Å². The van der Waals surface area contributed by atoms with Gasteiger partial charge in [-0.2, -0.15) is 0 Å². The van der Waals surface area contributed by atoms with E-state index in [1.165, 1.54) is 0 Å². The van der Waals surface area contributed by atoms with E-state index in [0.29, 0.717) is 19.0 Å². The maximum Gasteiger partial charge on any atom is 0.254 e. The minimum atomic E-state index is -0.0188. The molecule has 108 valence electrons. The Labute approximate surface area is 123 Å². The average Bonchev–Trinajstić information content (AvgIpc) is 2.97. The summed E-state index contributed by atoms with van der Waals surface area (Å²) in [6.45, 7) is 3.25. The SMILES string of the molecule is Cc1ccccc1C(=O)N1CCC(Oc2cnccn2)C1. The van der Waals surface area contributed by atoms with Gasteiger partial charge in [0.15, 0.2) is 0 Å². The summed E-state index contributed by atoms with van der Waals surface area (Å²) in [5.74, 6) is 0.575. The maximum absolute atomic E-state index is 12.5. The van der Waals surface area contributed by atoms with Crippen LogP contribution in [0.25, 0.3) is 0 Å². The molecular formula is C16H17N3O2. The zero-order valence-corrected chi connectivity index (χ0v) is 11.9. The van der Waals surface area contributed by atoms with Crippen molar-refractivity contribution in [1.82, 2.24) is 14.9 Å². The number of rotatable bonds is 3. The van der Waals surface area contributed by atoms with Crippen molar-refractivity contribution >= 4 is 5.91 Å². The second kappa shape index (κ2) is 5.91. The molecule has 1 aromatic carbocycles. The van der Waals surface area contributed by atoms with Crippen LogP contribution in [0.5, 0.6) is 5.88 Å². The molecule has 0 N–H and O–H groups in total.